The van der Waals surface area contributed by atoms with Gasteiger partial charge in [-0.3, -0.25) is 0 Å². The van der Waals surface area contributed by atoms with Crippen LogP contribution in [0.15, 0.2) is 48.5 Å². The van der Waals surface area contributed by atoms with Crippen LogP contribution in [-0.4, -0.2) is 40.3 Å². The summed E-state index contributed by atoms with van der Waals surface area (Å²) in [6.07, 6.45) is 1.06. The average molecular weight is 369 g/mol. The molecule has 2 unspecified atom stereocenters. The first-order valence-electron chi connectivity index (χ1n) is 9.96. The summed E-state index contributed by atoms with van der Waals surface area (Å²) in [5.41, 5.74) is 5.05. The van der Waals surface area contributed by atoms with Crippen molar-refractivity contribution in [1.82, 2.24) is 0 Å². The molecule has 2 N–H and O–H groups in total. The van der Waals surface area contributed by atoms with Gasteiger partial charge in [-0.05, 0) is 38.1 Å². The van der Waals surface area contributed by atoms with Crippen LogP contribution in [0.1, 0.15) is 20.3 Å². The summed E-state index contributed by atoms with van der Waals surface area (Å²) in [5.74, 6) is 0. The monoisotopic (exact) mass is 368 g/mol. The smallest absolute Gasteiger partial charge is 0.128 e. The van der Waals surface area contributed by atoms with Crippen molar-refractivity contribution in [2.45, 2.75) is 20.3 Å². The topological polar surface area (TPSA) is 15.4 Å². The van der Waals surface area contributed by atoms with Crippen molar-refractivity contribution in [2.24, 2.45) is 0 Å². The minimum Gasteiger partial charge on any atom is -0.433 e. The fraction of sp³-hybridized carbons (Fsp3) is 0.391. The molecule has 2 aromatic rings. The van der Waals surface area contributed by atoms with E-state index in [1.54, 1.807) is 0 Å². The van der Waals surface area contributed by atoms with Gasteiger partial charge in [0, 0.05) is 33.6 Å². The Balaban J connectivity index is 1.99. The number of hydrogen-bond donors (Lipinski definition) is 2. The second-order valence-corrected chi connectivity index (χ2v) is 7.12. The van der Waals surface area contributed by atoms with Gasteiger partial charge >= 0.3 is 0 Å². The SMILES string of the molecule is [CH2-][NH+](CCC[NH+]([CH2-])c1ccccc1N(C)CC)c1ccccc1N(C)CC. The Morgan fingerprint density at radius 2 is 1.07 bits per heavy atom. The van der Waals surface area contributed by atoms with Crippen LogP contribution in [0.5, 0.6) is 0 Å². The minimum atomic E-state index is 0.985. The molecule has 0 saturated carbocycles. The Labute approximate surface area is 166 Å². The minimum absolute atomic E-state index is 0.985. The van der Waals surface area contributed by atoms with E-state index in [0.717, 1.165) is 32.6 Å². The Bertz CT molecular complexity index is 641. The van der Waals surface area contributed by atoms with Crippen LogP contribution in [0, 0.1) is 14.1 Å². The third kappa shape index (κ3) is 5.47. The highest BCUT2D eigenvalue weighted by molar-refractivity contribution is 5.63. The first-order chi connectivity index (χ1) is 13.0. The highest BCUT2D eigenvalue weighted by atomic mass is 15.2. The summed E-state index contributed by atoms with van der Waals surface area (Å²) in [4.78, 5) is 6.96. The lowest BCUT2D eigenvalue weighted by Crippen LogP contribution is -3.05. The molecule has 0 saturated heterocycles. The van der Waals surface area contributed by atoms with Crippen molar-refractivity contribution in [3.8, 4) is 0 Å². The summed E-state index contributed by atoms with van der Waals surface area (Å²) < 4.78 is 0. The number of para-hydroxylation sites is 4. The van der Waals surface area contributed by atoms with E-state index in [2.05, 4.69) is 100 Å². The van der Waals surface area contributed by atoms with Gasteiger partial charge in [-0.25, -0.2) is 0 Å². The second kappa shape index (κ2) is 10.3. The van der Waals surface area contributed by atoms with Crippen molar-refractivity contribution in [2.75, 3.05) is 50.1 Å². The van der Waals surface area contributed by atoms with Crippen molar-refractivity contribution in [3.63, 3.8) is 0 Å². The molecule has 0 aliphatic heterocycles. The van der Waals surface area contributed by atoms with Crippen LogP contribution in [0.25, 0.3) is 0 Å². The van der Waals surface area contributed by atoms with Gasteiger partial charge in [-0.15, -0.1) is 14.1 Å². The molecule has 2 rings (SSSR count). The Hall–Kier alpha value is -2.04. The molecule has 0 fully saturated rings. The third-order valence-electron chi connectivity index (χ3n) is 5.30. The molecule has 0 aliphatic carbocycles. The van der Waals surface area contributed by atoms with E-state index < -0.39 is 0 Å². The van der Waals surface area contributed by atoms with Crippen LogP contribution in [0.4, 0.5) is 22.7 Å². The first kappa shape index (κ1) is 21.3. The summed E-state index contributed by atoms with van der Waals surface area (Å²) in [6, 6.07) is 17.1. The number of quaternary nitrogens is 2. The normalized spacial score (nSPS) is 13.3. The van der Waals surface area contributed by atoms with Gasteiger partial charge in [0.2, 0.25) is 0 Å². The molecule has 0 aliphatic rings. The maximum Gasteiger partial charge on any atom is 0.128 e. The molecule has 0 heterocycles. The largest absolute Gasteiger partial charge is 0.433 e. The molecule has 4 nitrogen and oxygen atoms in total. The summed E-state index contributed by atoms with van der Waals surface area (Å²) in [7, 11) is 13.0. The van der Waals surface area contributed by atoms with Crippen LogP contribution in [-0.2, 0) is 0 Å². The van der Waals surface area contributed by atoms with Crippen LogP contribution in [0.3, 0.4) is 0 Å². The zero-order chi connectivity index (χ0) is 19.8. The number of benzene rings is 2. The number of rotatable bonds is 10. The Morgan fingerprint density at radius 1 is 0.704 bits per heavy atom. The van der Waals surface area contributed by atoms with Crippen molar-refractivity contribution in [1.29, 1.82) is 0 Å². The molecule has 148 valence electrons. The molecule has 27 heavy (non-hydrogen) atoms. The molecule has 2 atom stereocenters. The van der Waals surface area contributed by atoms with Crippen LogP contribution < -0.4 is 19.6 Å². The molecular formula is C23H36N4. The van der Waals surface area contributed by atoms with Crippen LogP contribution in [0.2, 0.25) is 0 Å². The van der Waals surface area contributed by atoms with Gasteiger partial charge in [0.25, 0.3) is 0 Å². The lowest BCUT2D eigenvalue weighted by atomic mass is 10.2. The van der Waals surface area contributed by atoms with E-state index in [4.69, 9.17) is 0 Å². The molecule has 4 heteroatoms. The third-order valence-corrected chi connectivity index (χ3v) is 5.30. The van der Waals surface area contributed by atoms with Gasteiger partial charge < -0.3 is 19.6 Å². The molecule has 0 bridgehead atoms. The maximum absolute atomic E-state index is 4.37. The molecule has 0 radical (unpaired) electrons. The lowest BCUT2D eigenvalue weighted by molar-refractivity contribution is -0.805. The molecule has 0 spiro atoms. The van der Waals surface area contributed by atoms with E-state index in [0.29, 0.717) is 0 Å². The zero-order valence-corrected chi connectivity index (χ0v) is 17.5. The number of anilines is 2. The van der Waals surface area contributed by atoms with Crippen molar-refractivity contribution in [3.05, 3.63) is 62.6 Å². The van der Waals surface area contributed by atoms with Gasteiger partial charge in [-0.1, -0.05) is 24.3 Å². The quantitative estimate of drug-likeness (QED) is 0.626. The van der Waals surface area contributed by atoms with Gasteiger partial charge in [0.1, 0.15) is 11.4 Å². The lowest BCUT2D eigenvalue weighted by Gasteiger charge is -2.29. The highest BCUT2D eigenvalue weighted by Crippen LogP contribution is 2.21. The Morgan fingerprint density at radius 3 is 1.44 bits per heavy atom. The average Bonchev–Trinajstić information content (AvgIpc) is 2.72. The van der Waals surface area contributed by atoms with E-state index in [-0.39, 0.29) is 0 Å². The first-order valence-corrected chi connectivity index (χ1v) is 9.96. The fourth-order valence-electron chi connectivity index (χ4n) is 3.34. The predicted molar refractivity (Wildman–Crippen MR) is 117 cm³/mol. The van der Waals surface area contributed by atoms with E-state index >= 15 is 0 Å². The summed E-state index contributed by atoms with van der Waals surface area (Å²) in [5, 5.41) is 0. The molecule has 0 amide bonds. The summed E-state index contributed by atoms with van der Waals surface area (Å²) in [6.45, 7) is 8.30. The van der Waals surface area contributed by atoms with Gasteiger partial charge in [-0.2, -0.15) is 0 Å². The summed E-state index contributed by atoms with van der Waals surface area (Å²) >= 11 is 0. The van der Waals surface area contributed by atoms with Gasteiger partial charge in [0.15, 0.2) is 0 Å². The standard InChI is InChI=1S/C23H36N4/c1-7-24(3)20-14-9-11-16-22(20)26(5)18-13-19-27(6)23-17-12-10-15-21(23)25(4)8-2/h9-12,14-17,26-27H,5-8,13,18-19H2,1-4H3. The number of nitrogens with zero attached hydrogens (tertiary/aromatic N) is 2. The van der Waals surface area contributed by atoms with E-state index in [1.807, 2.05) is 0 Å². The molecule has 2 aromatic carbocycles. The zero-order valence-electron chi connectivity index (χ0n) is 17.5. The fourth-order valence-corrected chi connectivity index (χ4v) is 3.34. The number of nitrogens with one attached hydrogen (secondary N) is 2. The van der Waals surface area contributed by atoms with Crippen molar-refractivity contribution < 1.29 is 9.80 Å². The second-order valence-electron chi connectivity index (χ2n) is 7.12. The van der Waals surface area contributed by atoms with Crippen molar-refractivity contribution >= 4 is 22.7 Å². The van der Waals surface area contributed by atoms with E-state index in [9.17, 15) is 0 Å². The molecule has 0 aromatic heterocycles. The predicted octanol–water partition coefficient (Wildman–Crippen LogP) is 2.31. The van der Waals surface area contributed by atoms with Gasteiger partial charge in [0.05, 0.1) is 24.5 Å². The highest BCUT2D eigenvalue weighted by Gasteiger charge is 2.13. The van der Waals surface area contributed by atoms with E-state index in [1.165, 1.54) is 32.5 Å². The Kier molecular flexibility index (Phi) is 8.14. The molecular weight excluding hydrogens is 332 g/mol. The maximum atomic E-state index is 4.37. The van der Waals surface area contributed by atoms with Crippen LogP contribution >= 0.6 is 0 Å². The number of hydrogen-bond acceptors (Lipinski definition) is 2.